The van der Waals surface area contributed by atoms with Gasteiger partial charge in [-0.05, 0) is 19.1 Å². The lowest BCUT2D eigenvalue weighted by molar-refractivity contribution is -0.119. The Hall–Kier alpha value is -1.55. The fraction of sp³-hybridized carbons (Fsp3) is 0.417. The molecule has 1 aliphatic rings. The number of ether oxygens (including phenoxy) is 1. The molecule has 0 saturated carbocycles. The third-order valence-electron chi connectivity index (χ3n) is 2.76. The Kier molecular flexibility index (Phi) is 3.10. The summed E-state index contributed by atoms with van der Waals surface area (Å²) in [6.07, 6.45) is 0. The molecule has 0 spiro atoms. The van der Waals surface area contributed by atoms with E-state index in [0.29, 0.717) is 6.54 Å². The molecule has 1 amide bonds. The van der Waals surface area contributed by atoms with Gasteiger partial charge in [-0.25, -0.2) is 0 Å². The number of rotatable bonds is 2. The molecule has 1 fully saturated rings. The lowest BCUT2D eigenvalue weighted by Gasteiger charge is -2.34. The van der Waals surface area contributed by atoms with E-state index in [0.717, 1.165) is 18.0 Å². The van der Waals surface area contributed by atoms with Gasteiger partial charge in [0.05, 0.1) is 13.7 Å². The van der Waals surface area contributed by atoms with Crippen LogP contribution in [0.1, 0.15) is 6.92 Å². The van der Waals surface area contributed by atoms with Gasteiger partial charge in [0.15, 0.2) is 0 Å². The number of piperazine rings is 1. The van der Waals surface area contributed by atoms with Gasteiger partial charge in [-0.2, -0.15) is 0 Å². The van der Waals surface area contributed by atoms with Gasteiger partial charge in [0.2, 0.25) is 5.91 Å². The topological polar surface area (TPSA) is 41.6 Å². The highest BCUT2D eigenvalue weighted by Gasteiger charge is 2.25. The van der Waals surface area contributed by atoms with E-state index in [1.165, 1.54) is 0 Å². The van der Waals surface area contributed by atoms with Crippen LogP contribution >= 0.6 is 0 Å². The summed E-state index contributed by atoms with van der Waals surface area (Å²) < 4.78 is 5.16. The molecule has 1 heterocycles. The highest BCUT2D eigenvalue weighted by atomic mass is 16.5. The summed E-state index contributed by atoms with van der Waals surface area (Å²) in [5.41, 5.74) is 0.901. The molecular weight excluding hydrogens is 204 g/mol. The fourth-order valence-electron chi connectivity index (χ4n) is 1.97. The molecule has 1 N–H and O–H groups in total. The zero-order valence-electron chi connectivity index (χ0n) is 9.56. The highest BCUT2D eigenvalue weighted by Crippen LogP contribution is 2.23. The van der Waals surface area contributed by atoms with Crippen LogP contribution in [-0.2, 0) is 4.79 Å². The summed E-state index contributed by atoms with van der Waals surface area (Å²) in [6, 6.07) is 7.77. The number of carbonyl (C=O) groups excluding carboxylic acids is 1. The van der Waals surface area contributed by atoms with Crippen LogP contribution in [0, 0.1) is 0 Å². The second kappa shape index (κ2) is 4.53. The number of anilines is 1. The predicted molar refractivity (Wildman–Crippen MR) is 62.8 cm³/mol. The number of methoxy groups -OCH3 is 1. The highest BCUT2D eigenvalue weighted by molar-refractivity contribution is 5.96. The van der Waals surface area contributed by atoms with Crippen molar-refractivity contribution in [1.82, 2.24) is 5.32 Å². The Balaban J connectivity index is 2.30. The van der Waals surface area contributed by atoms with Crippen molar-refractivity contribution in [3.05, 3.63) is 24.3 Å². The molecular formula is C12H16N2O2. The molecule has 0 bridgehead atoms. The quantitative estimate of drug-likeness (QED) is 0.809. The van der Waals surface area contributed by atoms with E-state index in [1.54, 1.807) is 7.11 Å². The first-order valence-corrected chi connectivity index (χ1v) is 5.39. The van der Waals surface area contributed by atoms with Crippen molar-refractivity contribution in [3.8, 4) is 5.75 Å². The smallest absolute Gasteiger partial charge is 0.241 e. The molecule has 86 valence electrons. The minimum absolute atomic E-state index is 0.104. The zero-order valence-corrected chi connectivity index (χ0v) is 9.56. The van der Waals surface area contributed by atoms with Crippen LogP contribution in [0.3, 0.4) is 0 Å². The van der Waals surface area contributed by atoms with Crippen molar-refractivity contribution in [2.45, 2.75) is 13.0 Å². The SMILES string of the molecule is COc1cccc(N2C(=O)CNCC2C)c1. The Labute approximate surface area is 95.2 Å². The normalized spacial score (nSPS) is 21.0. The second-order valence-electron chi connectivity index (χ2n) is 3.95. The molecule has 0 aromatic heterocycles. The number of carbonyl (C=O) groups is 1. The predicted octanol–water partition coefficient (Wildman–Crippen LogP) is 1.02. The van der Waals surface area contributed by atoms with Crippen LogP contribution in [0.2, 0.25) is 0 Å². The van der Waals surface area contributed by atoms with Crippen molar-refractivity contribution in [3.63, 3.8) is 0 Å². The first-order chi connectivity index (χ1) is 7.72. The molecule has 0 aliphatic carbocycles. The maximum atomic E-state index is 11.8. The molecule has 0 radical (unpaired) electrons. The first kappa shape index (κ1) is 11.0. The van der Waals surface area contributed by atoms with Crippen molar-refractivity contribution in [2.24, 2.45) is 0 Å². The maximum Gasteiger partial charge on any atom is 0.241 e. The van der Waals surface area contributed by atoms with E-state index >= 15 is 0 Å². The minimum Gasteiger partial charge on any atom is -0.497 e. The molecule has 4 nitrogen and oxygen atoms in total. The second-order valence-corrected chi connectivity index (χ2v) is 3.95. The maximum absolute atomic E-state index is 11.8. The third-order valence-corrected chi connectivity index (χ3v) is 2.76. The molecule has 1 atom stereocenters. The molecule has 4 heteroatoms. The van der Waals surface area contributed by atoms with Crippen molar-refractivity contribution in [1.29, 1.82) is 0 Å². The van der Waals surface area contributed by atoms with Gasteiger partial charge < -0.3 is 15.0 Å². The minimum atomic E-state index is 0.104. The summed E-state index contributed by atoms with van der Waals surface area (Å²) in [7, 11) is 1.63. The van der Waals surface area contributed by atoms with E-state index in [9.17, 15) is 4.79 Å². The standard InChI is InChI=1S/C12H16N2O2/c1-9-7-13-8-12(15)14(9)10-4-3-5-11(6-10)16-2/h3-6,9,13H,7-8H2,1-2H3. The fourth-order valence-corrected chi connectivity index (χ4v) is 1.97. The zero-order chi connectivity index (χ0) is 11.5. The third kappa shape index (κ3) is 2.02. The number of nitrogens with one attached hydrogen (secondary N) is 1. The van der Waals surface area contributed by atoms with Gasteiger partial charge >= 0.3 is 0 Å². The number of nitrogens with zero attached hydrogens (tertiary/aromatic N) is 1. The molecule has 1 aromatic carbocycles. The van der Waals surface area contributed by atoms with E-state index in [2.05, 4.69) is 5.32 Å². The van der Waals surface area contributed by atoms with Gasteiger partial charge in [-0.3, -0.25) is 4.79 Å². The summed E-state index contributed by atoms with van der Waals surface area (Å²) in [5, 5.41) is 3.09. The van der Waals surface area contributed by atoms with Crippen LogP contribution in [0.15, 0.2) is 24.3 Å². The van der Waals surface area contributed by atoms with Crippen molar-refractivity contribution < 1.29 is 9.53 Å². The summed E-state index contributed by atoms with van der Waals surface area (Å²) in [5.74, 6) is 0.878. The number of hydrogen-bond donors (Lipinski definition) is 1. The van der Waals surface area contributed by atoms with Crippen LogP contribution in [0.4, 0.5) is 5.69 Å². The lowest BCUT2D eigenvalue weighted by atomic mass is 10.1. The van der Waals surface area contributed by atoms with Crippen molar-refractivity contribution in [2.75, 3.05) is 25.1 Å². The van der Waals surface area contributed by atoms with Crippen LogP contribution in [-0.4, -0.2) is 32.1 Å². The van der Waals surface area contributed by atoms with Crippen LogP contribution in [0.5, 0.6) is 5.75 Å². The van der Waals surface area contributed by atoms with E-state index < -0.39 is 0 Å². The molecule has 1 aliphatic heterocycles. The summed E-state index contributed by atoms with van der Waals surface area (Å²) >= 11 is 0. The molecule has 1 unspecified atom stereocenters. The van der Waals surface area contributed by atoms with Crippen LogP contribution in [0.25, 0.3) is 0 Å². The van der Waals surface area contributed by atoms with Crippen molar-refractivity contribution >= 4 is 11.6 Å². The summed E-state index contributed by atoms with van der Waals surface area (Å²) in [6.45, 7) is 3.26. The average molecular weight is 220 g/mol. The molecule has 2 rings (SSSR count). The number of amides is 1. The number of hydrogen-bond acceptors (Lipinski definition) is 3. The first-order valence-electron chi connectivity index (χ1n) is 5.39. The van der Waals surface area contributed by atoms with Crippen LogP contribution < -0.4 is 15.0 Å². The van der Waals surface area contributed by atoms with Gasteiger partial charge in [-0.15, -0.1) is 0 Å². The molecule has 1 aromatic rings. The van der Waals surface area contributed by atoms with Gasteiger partial charge in [0, 0.05) is 24.3 Å². The van der Waals surface area contributed by atoms with Gasteiger partial charge in [0.1, 0.15) is 5.75 Å². The number of benzene rings is 1. The Bertz CT molecular complexity index is 392. The Morgan fingerprint density at radius 1 is 1.50 bits per heavy atom. The van der Waals surface area contributed by atoms with E-state index in [-0.39, 0.29) is 11.9 Å². The lowest BCUT2D eigenvalue weighted by Crippen LogP contribution is -2.53. The van der Waals surface area contributed by atoms with Gasteiger partial charge in [-0.1, -0.05) is 6.07 Å². The van der Waals surface area contributed by atoms with E-state index in [4.69, 9.17) is 4.74 Å². The van der Waals surface area contributed by atoms with E-state index in [1.807, 2.05) is 36.1 Å². The van der Waals surface area contributed by atoms with Gasteiger partial charge in [0.25, 0.3) is 0 Å². The average Bonchev–Trinajstić information content (AvgIpc) is 2.29. The molecule has 16 heavy (non-hydrogen) atoms. The Morgan fingerprint density at radius 3 is 3.00 bits per heavy atom. The monoisotopic (exact) mass is 220 g/mol. The molecule has 1 saturated heterocycles. The summed E-state index contributed by atoms with van der Waals surface area (Å²) in [4.78, 5) is 13.6. The largest absolute Gasteiger partial charge is 0.497 e. The Morgan fingerprint density at radius 2 is 2.31 bits per heavy atom.